The van der Waals surface area contributed by atoms with Gasteiger partial charge in [0.1, 0.15) is 0 Å². The quantitative estimate of drug-likeness (QED) is 0.723. The van der Waals surface area contributed by atoms with Crippen LogP contribution in [0.5, 0.6) is 0 Å². The average Bonchev–Trinajstić information content (AvgIpc) is 2.78. The number of fused-ring (bicyclic) bond motifs is 1. The molecule has 17 heavy (non-hydrogen) atoms. The Morgan fingerprint density at radius 1 is 1.06 bits per heavy atom. The van der Waals surface area contributed by atoms with Crippen LogP contribution < -0.4 is 10.6 Å². The minimum Gasteiger partial charge on any atom is -0.355 e. The summed E-state index contributed by atoms with van der Waals surface area (Å²) in [6, 6.07) is 9.10. The minimum atomic E-state index is 0.335. The molecular weight excluding hydrogens is 210 g/mol. The van der Waals surface area contributed by atoms with Crippen molar-refractivity contribution >= 4 is 5.96 Å². The number of rotatable bonds is 1. The van der Waals surface area contributed by atoms with Crippen LogP contribution in [0.15, 0.2) is 29.3 Å². The summed E-state index contributed by atoms with van der Waals surface area (Å²) in [4.78, 5) is 4.83. The van der Waals surface area contributed by atoms with Crippen molar-refractivity contribution in [1.82, 2.24) is 10.6 Å². The molecule has 2 aliphatic rings. The fraction of sp³-hybridized carbons (Fsp3) is 0.500. The van der Waals surface area contributed by atoms with Crippen LogP contribution in [0.25, 0.3) is 0 Å². The van der Waals surface area contributed by atoms with Crippen LogP contribution in [-0.4, -0.2) is 19.0 Å². The Balaban J connectivity index is 1.91. The van der Waals surface area contributed by atoms with E-state index in [1.165, 1.54) is 36.8 Å². The van der Waals surface area contributed by atoms with Crippen LogP contribution in [0.1, 0.15) is 36.4 Å². The van der Waals surface area contributed by atoms with E-state index < -0.39 is 0 Å². The van der Waals surface area contributed by atoms with Crippen LogP contribution in [0.2, 0.25) is 0 Å². The fourth-order valence-electron chi connectivity index (χ4n) is 2.70. The summed E-state index contributed by atoms with van der Waals surface area (Å²) in [5, 5.41) is 6.59. The first kappa shape index (κ1) is 10.6. The van der Waals surface area contributed by atoms with Gasteiger partial charge >= 0.3 is 0 Å². The van der Waals surface area contributed by atoms with E-state index in [1.807, 2.05) is 0 Å². The van der Waals surface area contributed by atoms with Crippen molar-refractivity contribution in [1.29, 1.82) is 0 Å². The average molecular weight is 229 g/mol. The summed E-state index contributed by atoms with van der Waals surface area (Å²) in [5.74, 6) is 0.978. The molecule has 1 fully saturated rings. The molecule has 1 aromatic rings. The molecule has 1 aliphatic carbocycles. The molecule has 0 bridgehead atoms. The van der Waals surface area contributed by atoms with Gasteiger partial charge in [0.2, 0.25) is 0 Å². The Morgan fingerprint density at radius 2 is 1.88 bits per heavy atom. The normalized spacial score (nSPS) is 23.3. The van der Waals surface area contributed by atoms with Gasteiger partial charge in [-0.1, -0.05) is 30.7 Å². The van der Waals surface area contributed by atoms with Gasteiger partial charge in [-0.25, -0.2) is 4.99 Å². The number of aryl methyl sites for hydroxylation is 1. The van der Waals surface area contributed by atoms with Crippen molar-refractivity contribution in [3.8, 4) is 0 Å². The SMILES string of the molecule is c1ccc2c(c1)CCCCC2N=C1NCCN1. The Hall–Kier alpha value is -1.51. The highest BCUT2D eigenvalue weighted by molar-refractivity contribution is 5.81. The molecule has 0 saturated carbocycles. The zero-order chi connectivity index (χ0) is 11.5. The predicted molar refractivity (Wildman–Crippen MR) is 70.2 cm³/mol. The van der Waals surface area contributed by atoms with E-state index >= 15 is 0 Å². The zero-order valence-electron chi connectivity index (χ0n) is 10.1. The lowest BCUT2D eigenvalue weighted by molar-refractivity contribution is 0.614. The van der Waals surface area contributed by atoms with Crippen molar-refractivity contribution in [2.24, 2.45) is 4.99 Å². The number of benzene rings is 1. The van der Waals surface area contributed by atoms with Crippen molar-refractivity contribution in [2.75, 3.05) is 13.1 Å². The molecule has 3 heteroatoms. The first-order valence-electron chi connectivity index (χ1n) is 6.57. The first-order valence-corrected chi connectivity index (χ1v) is 6.57. The monoisotopic (exact) mass is 229 g/mol. The molecule has 3 rings (SSSR count). The number of aliphatic imine (C=N–C) groups is 1. The molecule has 90 valence electrons. The van der Waals surface area contributed by atoms with Gasteiger partial charge in [0.25, 0.3) is 0 Å². The highest BCUT2D eigenvalue weighted by atomic mass is 15.2. The smallest absolute Gasteiger partial charge is 0.192 e. The molecular formula is C14H19N3. The van der Waals surface area contributed by atoms with Gasteiger partial charge in [-0.3, -0.25) is 0 Å². The molecule has 2 N–H and O–H groups in total. The summed E-state index contributed by atoms with van der Waals surface area (Å²) < 4.78 is 0. The van der Waals surface area contributed by atoms with Gasteiger partial charge in [-0.15, -0.1) is 0 Å². The molecule has 1 saturated heterocycles. The maximum absolute atomic E-state index is 4.83. The maximum Gasteiger partial charge on any atom is 0.192 e. The lowest BCUT2D eigenvalue weighted by Crippen LogP contribution is -2.24. The summed E-state index contributed by atoms with van der Waals surface area (Å²) >= 11 is 0. The van der Waals surface area contributed by atoms with E-state index in [-0.39, 0.29) is 0 Å². The number of hydrogen-bond donors (Lipinski definition) is 2. The lowest BCUT2D eigenvalue weighted by Gasteiger charge is -2.14. The Labute approximate surface area is 102 Å². The number of hydrogen-bond acceptors (Lipinski definition) is 1. The van der Waals surface area contributed by atoms with E-state index in [2.05, 4.69) is 34.9 Å². The van der Waals surface area contributed by atoms with Crippen LogP contribution in [0.3, 0.4) is 0 Å². The molecule has 0 aromatic heterocycles. The molecule has 0 radical (unpaired) electrons. The zero-order valence-corrected chi connectivity index (χ0v) is 10.1. The number of guanidine groups is 1. The second kappa shape index (κ2) is 4.78. The Kier molecular flexibility index (Phi) is 2.99. The van der Waals surface area contributed by atoms with Gasteiger partial charge in [0, 0.05) is 13.1 Å². The third-order valence-electron chi connectivity index (χ3n) is 3.58. The van der Waals surface area contributed by atoms with Gasteiger partial charge in [0.05, 0.1) is 6.04 Å². The number of nitrogens with zero attached hydrogens (tertiary/aromatic N) is 1. The number of nitrogens with one attached hydrogen (secondary N) is 2. The molecule has 1 aliphatic heterocycles. The van der Waals surface area contributed by atoms with Gasteiger partial charge in [-0.2, -0.15) is 0 Å². The second-order valence-electron chi connectivity index (χ2n) is 4.79. The summed E-state index contributed by atoms with van der Waals surface area (Å²) in [5.41, 5.74) is 2.91. The van der Waals surface area contributed by atoms with Crippen LogP contribution in [0, 0.1) is 0 Å². The molecule has 3 nitrogen and oxygen atoms in total. The van der Waals surface area contributed by atoms with E-state index in [0.717, 1.165) is 19.0 Å². The van der Waals surface area contributed by atoms with Crippen LogP contribution >= 0.6 is 0 Å². The van der Waals surface area contributed by atoms with E-state index in [0.29, 0.717) is 6.04 Å². The van der Waals surface area contributed by atoms with Gasteiger partial charge < -0.3 is 10.6 Å². The van der Waals surface area contributed by atoms with Crippen molar-refractivity contribution in [2.45, 2.75) is 31.7 Å². The Morgan fingerprint density at radius 3 is 2.76 bits per heavy atom. The lowest BCUT2D eigenvalue weighted by atomic mass is 10.00. The van der Waals surface area contributed by atoms with Gasteiger partial charge in [0.15, 0.2) is 5.96 Å². The molecule has 1 aromatic carbocycles. The highest BCUT2D eigenvalue weighted by Gasteiger charge is 2.18. The maximum atomic E-state index is 4.83. The fourth-order valence-corrected chi connectivity index (χ4v) is 2.70. The standard InChI is InChI=1S/C14H19N3/c1-3-7-12-11(5-1)6-2-4-8-13(12)17-14-15-9-10-16-14/h1,3,5,7,13H,2,4,6,8-10H2,(H2,15,16,17). The molecule has 0 amide bonds. The van der Waals surface area contributed by atoms with E-state index in [1.54, 1.807) is 0 Å². The van der Waals surface area contributed by atoms with Crippen molar-refractivity contribution in [3.05, 3.63) is 35.4 Å². The van der Waals surface area contributed by atoms with Crippen molar-refractivity contribution in [3.63, 3.8) is 0 Å². The minimum absolute atomic E-state index is 0.335. The van der Waals surface area contributed by atoms with Crippen LogP contribution in [0.4, 0.5) is 0 Å². The topological polar surface area (TPSA) is 36.4 Å². The second-order valence-corrected chi connectivity index (χ2v) is 4.79. The van der Waals surface area contributed by atoms with E-state index in [4.69, 9.17) is 4.99 Å². The molecule has 1 unspecified atom stereocenters. The largest absolute Gasteiger partial charge is 0.355 e. The molecule has 1 heterocycles. The highest BCUT2D eigenvalue weighted by Crippen LogP contribution is 2.31. The van der Waals surface area contributed by atoms with E-state index in [9.17, 15) is 0 Å². The Bertz CT molecular complexity index is 417. The predicted octanol–water partition coefficient (Wildman–Crippen LogP) is 2.00. The first-order chi connectivity index (χ1) is 8.43. The third-order valence-corrected chi connectivity index (χ3v) is 3.58. The summed E-state index contributed by atoms with van der Waals surface area (Å²) in [6.45, 7) is 1.99. The third kappa shape index (κ3) is 2.28. The van der Waals surface area contributed by atoms with Crippen molar-refractivity contribution < 1.29 is 0 Å². The van der Waals surface area contributed by atoms with Crippen LogP contribution in [-0.2, 0) is 6.42 Å². The molecule has 1 atom stereocenters. The summed E-state index contributed by atoms with van der Waals surface area (Å²) in [7, 11) is 0. The summed E-state index contributed by atoms with van der Waals surface area (Å²) in [6.07, 6.45) is 4.94. The molecule has 0 spiro atoms. The van der Waals surface area contributed by atoms with Gasteiger partial charge in [-0.05, 0) is 30.4 Å².